The van der Waals surface area contributed by atoms with Crippen LogP contribution in [0.2, 0.25) is 0 Å². The van der Waals surface area contributed by atoms with Gasteiger partial charge in [-0.15, -0.1) is 0 Å². The molecule has 5 nitrogen and oxygen atoms in total. The van der Waals surface area contributed by atoms with E-state index >= 15 is 0 Å². The zero-order valence-corrected chi connectivity index (χ0v) is 11.3. The molecule has 0 atom stereocenters. The third-order valence-corrected chi connectivity index (χ3v) is 2.41. The first-order valence-corrected chi connectivity index (χ1v) is 5.68. The highest BCUT2D eigenvalue weighted by atomic mass is 16.5. The minimum atomic E-state index is -0.415. The summed E-state index contributed by atoms with van der Waals surface area (Å²) in [7, 11) is 7.51. The smallest absolute Gasteiger partial charge is 0.338 e. The van der Waals surface area contributed by atoms with E-state index in [1.54, 1.807) is 0 Å². The Morgan fingerprint density at radius 1 is 1.33 bits per heavy atom. The maximum absolute atomic E-state index is 11.7. The Hall–Kier alpha value is -1.75. The van der Waals surface area contributed by atoms with Crippen LogP contribution in [0.5, 0.6) is 11.5 Å². The number of esters is 1. The quantitative estimate of drug-likeness (QED) is 0.635. The Kier molecular flexibility index (Phi) is 4.55. The number of carbonyl (C=O) groups excluding carboxylic acids is 1. The summed E-state index contributed by atoms with van der Waals surface area (Å²) in [5.74, 6) is -0.154. The van der Waals surface area contributed by atoms with E-state index in [0.717, 1.165) is 11.0 Å². The lowest BCUT2D eigenvalue weighted by Crippen LogP contribution is -2.38. The van der Waals surface area contributed by atoms with Gasteiger partial charge in [-0.05, 0) is 18.2 Å². The molecule has 0 bridgehead atoms. The van der Waals surface area contributed by atoms with E-state index in [1.807, 2.05) is 21.1 Å². The zero-order valence-electron chi connectivity index (χ0n) is 11.3. The van der Waals surface area contributed by atoms with Crippen LogP contribution >= 0.6 is 0 Å². The van der Waals surface area contributed by atoms with Gasteiger partial charge in [0.2, 0.25) is 0 Å². The molecule has 0 fully saturated rings. The molecule has 0 heterocycles. The fraction of sp³-hybridized carbons (Fsp3) is 0.462. The van der Waals surface area contributed by atoms with Crippen LogP contribution in [-0.4, -0.2) is 57.0 Å². The van der Waals surface area contributed by atoms with Crippen molar-refractivity contribution in [2.75, 3.05) is 41.4 Å². The molecule has 0 radical (unpaired) electrons. The van der Waals surface area contributed by atoms with Gasteiger partial charge in [-0.3, -0.25) is 0 Å². The maximum Gasteiger partial charge on any atom is 0.338 e. The topological polar surface area (TPSA) is 55.8 Å². The minimum Gasteiger partial charge on any atom is -0.504 e. The van der Waals surface area contributed by atoms with Crippen molar-refractivity contribution in [2.24, 2.45) is 0 Å². The van der Waals surface area contributed by atoms with E-state index in [2.05, 4.69) is 0 Å². The van der Waals surface area contributed by atoms with Gasteiger partial charge in [-0.1, -0.05) is 0 Å². The largest absolute Gasteiger partial charge is 0.504 e. The molecule has 0 spiro atoms. The van der Waals surface area contributed by atoms with Gasteiger partial charge < -0.3 is 19.1 Å². The summed E-state index contributed by atoms with van der Waals surface area (Å²) in [5.41, 5.74) is 0.367. The van der Waals surface area contributed by atoms with Crippen molar-refractivity contribution in [1.82, 2.24) is 0 Å². The number of methoxy groups -OCH3 is 1. The van der Waals surface area contributed by atoms with Gasteiger partial charge in [0, 0.05) is 0 Å². The second kappa shape index (κ2) is 5.73. The van der Waals surface area contributed by atoms with Crippen LogP contribution in [0, 0.1) is 0 Å². The van der Waals surface area contributed by atoms with Crippen LogP contribution < -0.4 is 4.74 Å². The van der Waals surface area contributed by atoms with E-state index in [4.69, 9.17) is 9.47 Å². The highest BCUT2D eigenvalue weighted by Gasteiger charge is 2.13. The van der Waals surface area contributed by atoms with Crippen molar-refractivity contribution in [3.8, 4) is 11.5 Å². The molecule has 0 amide bonds. The normalized spacial score (nSPS) is 11.1. The average Bonchev–Trinajstić information content (AvgIpc) is 2.27. The summed E-state index contributed by atoms with van der Waals surface area (Å²) in [6.45, 7) is 1.09. The average molecular weight is 254 g/mol. The molecule has 18 heavy (non-hydrogen) atoms. The predicted molar refractivity (Wildman–Crippen MR) is 67.8 cm³/mol. The first kappa shape index (κ1) is 14.3. The van der Waals surface area contributed by atoms with Crippen molar-refractivity contribution in [3.63, 3.8) is 0 Å². The van der Waals surface area contributed by atoms with Gasteiger partial charge in [0.1, 0.15) is 13.2 Å². The van der Waals surface area contributed by atoms with Gasteiger partial charge in [0.25, 0.3) is 0 Å². The molecule has 0 saturated heterocycles. The Bertz CT molecular complexity index is 423. The Morgan fingerprint density at radius 3 is 2.56 bits per heavy atom. The van der Waals surface area contributed by atoms with Crippen LogP contribution in [0.1, 0.15) is 10.4 Å². The van der Waals surface area contributed by atoms with Crippen molar-refractivity contribution >= 4 is 5.97 Å². The number of aromatic hydroxyl groups is 1. The number of quaternary nitrogens is 1. The molecular formula is C13H20NO4+. The molecule has 1 rings (SSSR count). The Morgan fingerprint density at radius 2 is 2.00 bits per heavy atom. The molecular weight excluding hydrogens is 234 g/mol. The van der Waals surface area contributed by atoms with E-state index in [1.165, 1.54) is 25.3 Å². The zero-order chi connectivity index (χ0) is 13.8. The lowest BCUT2D eigenvalue weighted by molar-refractivity contribution is -0.870. The molecule has 0 aliphatic heterocycles. The summed E-state index contributed by atoms with van der Waals surface area (Å²) < 4.78 is 10.8. The van der Waals surface area contributed by atoms with Crippen molar-refractivity contribution in [2.45, 2.75) is 0 Å². The monoisotopic (exact) mass is 254 g/mol. The number of likely N-dealkylation sites (N-methyl/N-ethyl adjacent to an activating group) is 1. The molecule has 1 N–H and O–H groups in total. The van der Waals surface area contributed by atoms with Crippen LogP contribution in [0.25, 0.3) is 0 Å². The molecule has 0 unspecified atom stereocenters. The molecule has 5 heteroatoms. The number of hydrogen-bond acceptors (Lipinski definition) is 4. The third-order valence-electron chi connectivity index (χ3n) is 2.41. The lowest BCUT2D eigenvalue weighted by Gasteiger charge is -2.23. The SMILES string of the molecule is COc1cc(C(=O)OCC[N+](C)(C)C)ccc1O. The second-order valence-corrected chi connectivity index (χ2v) is 5.04. The van der Waals surface area contributed by atoms with Crippen molar-refractivity contribution in [3.05, 3.63) is 23.8 Å². The lowest BCUT2D eigenvalue weighted by atomic mass is 10.2. The van der Waals surface area contributed by atoms with Gasteiger partial charge in [-0.2, -0.15) is 0 Å². The summed E-state index contributed by atoms with van der Waals surface area (Å²) in [5, 5.41) is 9.42. The van der Waals surface area contributed by atoms with Gasteiger partial charge in [-0.25, -0.2) is 4.79 Å². The molecule has 1 aromatic rings. The molecule has 0 saturated carbocycles. The highest BCUT2D eigenvalue weighted by Crippen LogP contribution is 2.26. The fourth-order valence-corrected chi connectivity index (χ4v) is 1.30. The molecule has 0 aliphatic carbocycles. The number of hydrogen-bond donors (Lipinski definition) is 1. The third kappa shape index (κ3) is 4.25. The Balaban J connectivity index is 2.62. The molecule has 0 aromatic heterocycles. The summed E-state index contributed by atoms with van der Waals surface area (Å²) in [6, 6.07) is 4.38. The van der Waals surface area contributed by atoms with Crippen molar-refractivity contribution in [1.29, 1.82) is 0 Å². The summed E-state index contributed by atoms with van der Waals surface area (Å²) in [4.78, 5) is 11.7. The number of carbonyl (C=O) groups is 1. The molecule has 100 valence electrons. The van der Waals surface area contributed by atoms with Crippen LogP contribution in [0.15, 0.2) is 18.2 Å². The fourth-order valence-electron chi connectivity index (χ4n) is 1.30. The highest BCUT2D eigenvalue weighted by molar-refractivity contribution is 5.90. The van der Waals surface area contributed by atoms with Crippen LogP contribution in [0.3, 0.4) is 0 Å². The number of rotatable bonds is 5. The number of phenolic OH excluding ortho intramolecular Hbond substituents is 1. The van der Waals surface area contributed by atoms with Gasteiger partial charge in [0.15, 0.2) is 11.5 Å². The first-order valence-electron chi connectivity index (χ1n) is 5.68. The van der Waals surface area contributed by atoms with E-state index in [9.17, 15) is 9.90 Å². The van der Waals surface area contributed by atoms with Gasteiger partial charge >= 0.3 is 5.97 Å². The first-order chi connectivity index (χ1) is 8.33. The van der Waals surface area contributed by atoms with Gasteiger partial charge in [0.05, 0.1) is 33.8 Å². The van der Waals surface area contributed by atoms with Crippen LogP contribution in [-0.2, 0) is 4.74 Å². The number of benzene rings is 1. The number of phenols is 1. The second-order valence-electron chi connectivity index (χ2n) is 5.04. The van der Waals surface area contributed by atoms with E-state index in [0.29, 0.717) is 12.2 Å². The van der Waals surface area contributed by atoms with E-state index in [-0.39, 0.29) is 11.5 Å². The molecule has 1 aromatic carbocycles. The van der Waals surface area contributed by atoms with Crippen LogP contribution in [0.4, 0.5) is 0 Å². The minimum absolute atomic E-state index is 0.000378. The number of nitrogens with zero attached hydrogens (tertiary/aromatic N) is 1. The molecule has 0 aliphatic rings. The maximum atomic E-state index is 11.7. The standard InChI is InChI=1S/C13H19NO4/c1-14(2,3)7-8-18-13(16)10-5-6-11(15)12(9-10)17-4/h5-6,9H,7-8H2,1-4H3/p+1. The predicted octanol–water partition coefficient (Wildman–Crippen LogP) is 1.26. The van der Waals surface area contributed by atoms with Crippen molar-refractivity contribution < 1.29 is 23.9 Å². The van der Waals surface area contributed by atoms with E-state index < -0.39 is 5.97 Å². The number of ether oxygens (including phenoxy) is 2. The summed E-state index contributed by atoms with van der Waals surface area (Å²) in [6.07, 6.45) is 0. The Labute approximate surface area is 107 Å². The summed E-state index contributed by atoms with van der Waals surface area (Å²) >= 11 is 0.